The van der Waals surface area contributed by atoms with E-state index in [1.54, 1.807) is 12.1 Å². The van der Waals surface area contributed by atoms with Gasteiger partial charge in [0.1, 0.15) is 6.04 Å². The van der Waals surface area contributed by atoms with Gasteiger partial charge in [-0.1, -0.05) is 29.3 Å². The highest BCUT2D eigenvalue weighted by Crippen LogP contribution is 2.22. The summed E-state index contributed by atoms with van der Waals surface area (Å²) in [5.41, 5.74) is 0.916. The third-order valence-electron chi connectivity index (χ3n) is 4.91. The van der Waals surface area contributed by atoms with Crippen molar-refractivity contribution in [2.24, 2.45) is 0 Å². The Balaban J connectivity index is 1.96. The molecule has 0 aliphatic carbocycles. The van der Waals surface area contributed by atoms with E-state index in [-0.39, 0.29) is 11.9 Å². The number of hydrogen-bond acceptors (Lipinski definition) is 2. The van der Waals surface area contributed by atoms with Gasteiger partial charge in [0.25, 0.3) is 0 Å². The summed E-state index contributed by atoms with van der Waals surface area (Å²) in [6.07, 6.45) is 2.93. The molecule has 1 aromatic rings. The predicted octanol–water partition coefficient (Wildman–Crippen LogP) is 2.45. The average Bonchev–Trinajstić information content (AvgIpc) is 3.03. The highest BCUT2D eigenvalue weighted by atomic mass is 35.5. The van der Waals surface area contributed by atoms with Crippen molar-refractivity contribution in [3.05, 3.63) is 33.8 Å². The van der Waals surface area contributed by atoms with E-state index in [9.17, 15) is 4.79 Å². The number of amides is 1. The Morgan fingerprint density at radius 2 is 1.86 bits per heavy atom. The van der Waals surface area contributed by atoms with Crippen molar-refractivity contribution in [1.82, 2.24) is 4.90 Å². The molecule has 1 aromatic carbocycles. The molecule has 0 bridgehead atoms. The zero-order valence-corrected chi connectivity index (χ0v) is 15.0. The van der Waals surface area contributed by atoms with Gasteiger partial charge in [-0.25, -0.2) is 4.79 Å². The third kappa shape index (κ3) is 4.23. The van der Waals surface area contributed by atoms with Gasteiger partial charge in [-0.05, 0) is 57.5 Å². The molecule has 3 nitrogen and oxygen atoms in total. The molecule has 1 unspecified atom stereocenters. The Hall–Kier alpha value is -0.610. The van der Waals surface area contributed by atoms with Gasteiger partial charge in [-0.15, -0.1) is 0 Å². The van der Waals surface area contributed by atoms with Gasteiger partial charge in [0.2, 0.25) is 0 Å². The van der Waals surface area contributed by atoms with E-state index >= 15 is 0 Å². The van der Waals surface area contributed by atoms with Gasteiger partial charge >= 0.3 is 5.91 Å². The molecule has 5 heteroatoms. The molecule has 1 aliphatic rings. The number of likely N-dealkylation sites (tertiary alicyclic amines) is 1. The van der Waals surface area contributed by atoms with Crippen molar-refractivity contribution >= 4 is 29.1 Å². The number of rotatable bonds is 5. The summed E-state index contributed by atoms with van der Waals surface area (Å²) in [7, 11) is 1.97. The van der Waals surface area contributed by atoms with Crippen LogP contribution in [0.5, 0.6) is 0 Å². The molecule has 1 heterocycles. The Bertz CT molecular complexity index is 529. The van der Waals surface area contributed by atoms with E-state index < -0.39 is 0 Å². The molecule has 0 saturated carbocycles. The minimum atomic E-state index is 0.192. The predicted molar refractivity (Wildman–Crippen MR) is 91.8 cm³/mol. The van der Waals surface area contributed by atoms with Crippen LogP contribution in [0.4, 0.5) is 0 Å². The van der Waals surface area contributed by atoms with Crippen molar-refractivity contribution in [2.75, 3.05) is 20.1 Å². The first-order chi connectivity index (χ1) is 10.4. The van der Waals surface area contributed by atoms with Crippen molar-refractivity contribution in [1.29, 1.82) is 0 Å². The summed E-state index contributed by atoms with van der Waals surface area (Å²) in [4.78, 5) is 16.0. The molecule has 22 heavy (non-hydrogen) atoms. The number of nitrogens with one attached hydrogen (secondary N) is 1. The number of hydrogen-bond donors (Lipinski definition) is 1. The van der Waals surface area contributed by atoms with E-state index in [2.05, 4.69) is 18.7 Å². The molecule has 1 amide bonds. The lowest BCUT2D eigenvalue weighted by Gasteiger charge is -2.31. The standard InChI is InChI=1S/C17H24Cl2N2O/c1-12(13(2)21-8-4-5-9-21)20(3)17(22)11-14-6-7-15(18)16(19)10-14/h6-7,10,12-13H,4-5,8-9,11H2,1-3H3/p+1/t12-,13+/m1/s1. The zero-order valence-electron chi connectivity index (χ0n) is 13.5. The number of carbonyl (C=O) groups is 1. The third-order valence-corrected chi connectivity index (χ3v) is 5.65. The van der Waals surface area contributed by atoms with Crippen molar-refractivity contribution < 1.29 is 9.69 Å². The molecule has 2 rings (SSSR count). The van der Waals surface area contributed by atoms with Gasteiger partial charge < -0.3 is 0 Å². The number of likely N-dealkylation sites (N-methyl/N-ethyl adjacent to an activating group) is 1. The van der Waals surface area contributed by atoms with Crippen LogP contribution < -0.4 is 4.90 Å². The molecule has 0 spiro atoms. The maximum Gasteiger partial charge on any atom is 0.316 e. The summed E-state index contributed by atoms with van der Waals surface area (Å²) in [5, 5.41) is 1.03. The van der Waals surface area contributed by atoms with Gasteiger partial charge in [0, 0.05) is 0 Å². The van der Waals surface area contributed by atoms with E-state index in [0.717, 1.165) is 23.6 Å². The average molecular weight is 344 g/mol. The fourth-order valence-corrected chi connectivity index (χ4v) is 3.38. The van der Waals surface area contributed by atoms with Crippen molar-refractivity contribution in [3.63, 3.8) is 0 Å². The Kier molecular flexibility index (Phi) is 6.27. The maximum absolute atomic E-state index is 12.5. The quantitative estimate of drug-likeness (QED) is 0.888. The minimum Gasteiger partial charge on any atom is -0.295 e. The molecule has 3 atom stereocenters. The number of quaternary nitrogens is 1. The maximum atomic E-state index is 12.5. The van der Waals surface area contributed by atoms with E-state index in [1.165, 1.54) is 12.8 Å². The Labute approximate surface area is 143 Å². The fourth-order valence-electron chi connectivity index (χ4n) is 3.06. The highest BCUT2D eigenvalue weighted by Gasteiger charge is 2.31. The largest absolute Gasteiger partial charge is 0.316 e. The van der Waals surface area contributed by atoms with Gasteiger partial charge in [0.15, 0.2) is 0 Å². The highest BCUT2D eigenvalue weighted by molar-refractivity contribution is 6.42. The van der Waals surface area contributed by atoms with E-state index in [0.29, 0.717) is 22.5 Å². The SMILES string of the molecule is C[C@H]([C@H](C)N1CCCC1)[NH+](C)C(=O)Cc1ccc(Cl)c(Cl)c1. The monoisotopic (exact) mass is 343 g/mol. The van der Waals surface area contributed by atoms with Crippen LogP contribution in [-0.4, -0.2) is 43.0 Å². The van der Waals surface area contributed by atoms with Gasteiger partial charge in [-0.3, -0.25) is 9.80 Å². The summed E-state index contributed by atoms with van der Waals surface area (Å²) in [5.74, 6) is 0.192. The van der Waals surface area contributed by atoms with Crippen LogP contribution in [0.2, 0.25) is 10.0 Å². The zero-order chi connectivity index (χ0) is 16.3. The summed E-state index contributed by atoms with van der Waals surface area (Å²) >= 11 is 11.9. The first-order valence-corrected chi connectivity index (χ1v) is 8.70. The summed E-state index contributed by atoms with van der Waals surface area (Å²) in [6, 6.07) is 6.09. The molecule has 1 N–H and O–H groups in total. The smallest absolute Gasteiger partial charge is 0.295 e. The minimum absolute atomic E-state index is 0.192. The van der Waals surface area contributed by atoms with Gasteiger partial charge in [-0.2, -0.15) is 0 Å². The number of benzene rings is 1. The molecule has 122 valence electrons. The Morgan fingerprint density at radius 3 is 2.45 bits per heavy atom. The topological polar surface area (TPSA) is 24.8 Å². The van der Waals surface area contributed by atoms with E-state index in [1.807, 2.05) is 13.1 Å². The van der Waals surface area contributed by atoms with Crippen LogP contribution in [-0.2, 0) is 11.2 Å². The lowest BCUT2D eigenvalue weighted by atomic mass is 10.1. The van der Waals surface area contributed by atoms with E-state index in [4.69, 9.17) is 23.2 Å². The number of carbonyl (C=O) groups excluding carboxylic acids is 1. The first kappa shape index (κ1) is 17.7. The molecule has 0 radical (unpaired) electrons. The van der Waals surface area contributed by atoms with Crippen molar-refractivity contribution in [3.8, 4) is 0 Å². The second-order valence-electron chi connectivity index (χ2n) is 6.30. The van der Waals surface area contributed by atoms with Crippen LogP contribution in [0.1, 0.15) is 32.3 Å². The van der Waals surface area contributed by atoms with Gasteiger partial charge in [0.05, 0.1) is 29.6 Å². The molecule has 0 aromatic heterocycles. The number of halogens is 2. The van der Waals surface area contributed by atoms with Crippen LogP contribution >= 0.6 is 23.2 Å². The molecular formula is C17H25Cl2N2O+. The molecule has 1 aliphatic heterocycles. The number of nitrogens with zero attached hydrogens (tertiary/aromatic N) is 1. The van der Waals surface area contributed by atoms with Crippen LogP contribution in [0.25, 0.3) is 0 Å². The summed E-state index contributed by atoms with van der Waals surface area (Å²) in [6.45, 7) is 6.69. The molecular weight excluding hydrogens is 319 g/mol. The lowest BCUT2D eigenvalue weighted by molar-refractivity contribution is -0.827. The Morgan fingerprint density at radius 1 is 1.23 bits per heavy atom. The van der Waals surface area contributed by atoms with Crippen LogP contribution in [0, 0.1) is 0 Å². The molecule has 1 saturated heterocycles. The second-order valence-corrected chi connectivity index (χ2v) is 7.12. The fraction of sp³-hybridized carbons (Fsp3) is 0.588. The lowest BCUT2D eigenvalue weighted by Crippen LogP contribution is -3.16. The second kappa shape index (κ2) is 7.78. The van der Waals surface area contributed by atoms with Crippen LogP contribution in [0.15, 0.2) is 18.2 Å². The summed E-state index contributed by atoms with van der Waals surface area (Å²) < 4.78 is 0. The molecule has 1 fully saturated rings. The van der Waals surface area contributed by atoms with Crippen LogP contribution in [0.3, 0.4) is 0 Å². The first-order valence-electron chi connectivity index (χ1n) is 7.94. The van der Waals surface area contributed by atoms with Crippen molar-refractivity contribution in [2.45, 2.75) is 45.2 Å². The normalized spacial score (nSPS) is 19.9.